The van der Waals surface area contributed by atoms with Crippen molar-refractivity contribution in [1.29, 1.82) is 0 Å². The van der Waals surface area contributed by atoms with E-state index in [0.29, 0.717) is 41.8 Å². The molecule has 31 heavy (non-hydrogen) atoms. The fourth-order valence-electron chi connectivity index (χ4n) is 3.94. The van der Waals surface area contributed by atoms with Crippen LogP contribution in [0.25, 0.3) is 10.9 Å². The molecule has 0 spiro atoms. The molecule has 0 aliphatic carbocycles. The van der Waals surface area contributed by atoms with Gasteiger partial charge in [0.15, 0.2) is 11.5 Å². The van der Waals surface area contributed by atoms with Crippen molar-refractivity contribution in [2.45, 2.75) is 19.4 Å². The normalized spacial score (nSPS) is 17.6. The molecule has 0 saturated heterocycles. The number of nitrogens with zero attached hydrogens (tertiary/aromatic N) is 3. The summed E-state index contributed by atoms with van der Waals surface area (Å²) in [6.07, 6.45) is 0.531. The number of aromatic nitrogens is 1. The summed E-state index contributed by atoms with van der Waals surface area (Å²) in [5.74, 6) is 1.94. The van der Waals surface area contributed by atoms with E-state index >= 15 is 0 Å². The predicted octanol–water partition coefficient (Wildman–Crippen LogP) is 4.37. The largest absolute Gasteiger partial charge is 0.497 e. The Kier molecular flexibility index (Phi) is 4.90. The van der Waals surface area contributed by atoms with Crippen molar-refractivity contribution in [1.82, 2.24) is 9.99 Å². The first-order valence-corrected chi connectivity index (χ1v) is 10.3. The monoisotopic (exact) mass is 437 g/mol. The Hall–Kier alpha value is -3.32. The maximum Gasteiger partial charge on any atom is 0.240 e. The smallest absolute Gasteiger partial charge is 0.240 e. The molecule has 1 atom stereocenters. The summed E-state index contributed by atoms with van der Waals surface area (Å²) in [5.41, 5.74) is 3.19. The molecule has 1 amide bonds. The van der Waals surface area contributed by atoms with Crippen molar-refractivity contribution >= 4 is 34.1 Å². The van der Waals surface area contributed by atoms with Gasteiger partial charge in [-0.2, -0.15) is 5.10 Å². The van der Waals surface area contributed by atoms with Crippen LogP contribution in [0.1, 0.15) is 30.5 Å². The van der Waals surface area contributed by atoms with Crippen LogP contribution < -0.4 is 14.2 Å². The summed E-state index contributed by atoms with van der Waals surface area (Å²) < 4.78 is 16.6. The lowest BCUT2D eigenvalue weighted by molar-refractivity contribution is -0.130. The zero-order valence-electron chi connectivity index (χ0n) is 17.1. The average molecular weight is 438 g/mol. The van der Waals surface area contributed by atoms with Gasteiger partial charge in [0.1, 0.15) is 24.1 Å². The quantitative estimate of drug-likeness (QED) is 0.569. The van der Waals surface area contributed by atoms with Crippen molar-refractivity contribution in [2.75, 3.05) is 20.3 Å². The van der Waals surface area contributed by atoms with E-state index in [0.717, 1.165) is 28.0 Å². The molecule has 3 aromatic rings. The minimum atomic E-state index is -0.341. The van der Waals surface area contributed by atoms with E-state index in [9.17, 15) is 4.79 Å². The number of hydrogen-bond donors (Lipinski definition) is 0. The lowest BCUT2D eigenvalue weighted by Crippen LogP contribution is -2.24. The number of ether oxygens (including phenoxy) is 3. The highest BCUT2D eigenvalue weighted by Crippen LogP contribution is 2.40. The van der Waals surface area contributed by atoms with Gasteiger partial charge >= 0.3 is 0 Å². The molecule has 5 rings (SSSR count). The van der Waals surface area contributed by atoms with Gasteiger partial charge in [0.25, 0.3) is 0 Å². The van der Waals surface area contributed by atoms with Crippen LogP contribution in [0, 0.1) is 0 Å². The molecule has 2 aromatic carbocycles. The second-order valence-corrected chi connectivity index (χ2v) is 7.77. The zero-order chi connectivity index (χ0) is 21.5. The van der Waals surface area contributed by atoms with Gasteiger partial charge in [-0.05, 0) is 42.0 Å². The summed E-state index contributed by atoms with van der Waals surface area (Å²) in [6, 6.07) is 13.0. The van der Waals surface area contributed by atoms with Crippen LogP contribution in [0.2, 0.25) is 5.15 Å². The van der Waals surface area contributed by atoms with Crippen molar-refractivity contribution < 1.29 is 19.0 Å². The fraction of sp³-hybridized carbons (Fsp3) is 0.261. The number of rotatable bonds is 3. The number of carbonyl (C=O) groups excluding carboxylic acids is 1. The van der Waals surface area contributed by atoms with Gasteiger partial charge in [-0.3, -0.25) is 4.79 Å². The average Bonchev–Trinajstić information content (AvgIpc) is 3.23. The Balaban J connectivity index is 1.53. The topological polar surface area (TPSA) is 73.2 Å². The third-order valence-electron chi connectivity index (χ3n) is 5.47. The fourth-order valence-corrected chi connectivity index (χ4v) is 4.21. The number of carbonyl (C=O) groups is 1. The molecule has 1 aromatic heterocycles. The third kappa shape index (κ3) is 3.55. The molecule has 0 saturated carbocycles. The third-order valence-corrected chi connectivity index (χ3v) is 5.78. The second-order valence-electron chi connectivity index (χ2n) is 7.42. The number of pyridine rings is 1. The molecule has 0 radical (unpaired) electrons. The Bertz CT molecular complexity index is 1210. The van der Waals surface area contributed by atoms with E-state index in [1.165, 1.54) is 11.9 Å². The molecule has 1 unspecified atom stereocenters. The molecular weight excluding hydrogens is 418 g/mol. The van der Waals surface area contributed by atoms with Crippen LogP contribution in [0.15, 0.2) is 47.6 Å². The highest BCUT2D eigenvalue weighted by atomic mass is 35.5. The summed E-state index contributed by atoms with van der Waals surface area (Å²) in [5, 5.41) is 7.27. The number of benzene rings is 2. The SMILES string of the molecule is COc1ccc(C2=NN(C(C)=O)C(c3cc4cc5c(cc4nc3Cl)OCCO5)C2)cc1. The van der Waals surface area contributed by atoms with Crippen molar-refractivity contribution in [3.8, 4) is 17.2 Å². The van der Waals surface area contributed by atoms with E-state index < -0.39 is 0 Å². The molecule has 2 aliphatic rings. The number of methoxy groups -OCH3 is 1. The van der Waals surface area contributed by atoms with Gasteiger partial charge < -0.3 is 14.2 Å². The number of hydrazone groups is 1. The van der Waals surface area contributed by atoms with E-state index in [4.69, 9.17) is 25.8 Å². The van der Waals surface area contributed by atoms with Crippen LogP contribution in [-0.2, 0) is 4.79 Å². The molecular formula is C23H20ClN3O4. The van der Waals surface area contributed by atoms with Gasteiger partial charge in [0.05, 0.1) is 24.4 Å². The first-order valence-electron chi connectivity index (χ1n) is 9.95. The first-order chi connectivity index (χ1) is 15.0. The van der Waals surface area contributed by atoms with E-state index in [1.807, 2.05) is 42.5 Å². The van der Waals surface area contributed by atoms with Gasteiger partial charge in [0, 0.05) is 30.4 Å². The number of halogens is 1. The van der Waals surface area contributed by atoms with Crippen molar-refractivity contribution in [3.05, 3.63) is 58.7 Å². The molecule has 3 heterocycles. The van der Waals surface area contributed by atoms with Gasteiger partial charge in [0.2, 0.25) is 5.91 Å². The molecule has 2 aliphatic heterocycles. The molecule has 0 N–H and O–H groups in total. The number of amides is 1. The Morgan fingerprint density at radius 2 is 1.84 bits per heavy atom. The van der Waals surface area contributed by atoms with Gasteiger partial charge in [-0.15, -0.1) is 0 Å². The lowest BCUT2D eigenvalue weighted by atomic mass is 9.98. The highest BCUT2D eigenvalue weighted by molar-refractivity contribution is 6.30. The van der Waals surface area contributed by atoms with Crippen LogP contribution >= 0.6 is 11.6 Å². The minimum Gasteiger partial charge on any atom is -0.497 e. The molecule has 8 heteroatoms. The predicted molar refractivity (Wildman–Crippen MR) is 117 cm³/mol. The highest BCUT2D eigenvalue weighted by Gasteiger charge is 2.33. The maximum absolute atomic E-state index is 12.4. The van der Waals surface area contributed by atoms with Crippen LogP contribution in [0.5, 0.6) is 17.2 Å². The van der Waals surface area contributed by atoms with Crippen LogP contribution in [0.3, 0.4) is 0 Å². The maximum atomic E-state index is 12.4. The van der Waals surface area contributed by atoms with Gasteiger partial charge in [-0.25, -0.2) is 9.99 Å². The van der Waals surface area contributed by atoms with Gasteiger partial charge in [-0.1, -0.05) is 11.6 Å². The van der Waals surface area contributed by atoms with E-state index in [2.05, 4.69) is 10.1 Å². The Labute approximate surface area is 184 Å². The van der Waals surface area contributed by atoms with Crippen molar-refractivity contribution in [2.24, 2.45) is 5.10 Å². The standard InChI is InChI=1S/C23H20ClN3O4/c1-13(28)27-20(11-19(26-27)14-3-5-16(29-2)6-4-14)17-9-15-10-21-22(31-8-7-30-21)12-18(15)25-23(17)24/h3-6,9-10,12,20H,7-8,11H2,1-2H3. The lowest BCUT2D eigenvalue weighted by Gasteiger charge is -2.22. The van der Waals surface area contributed by atoms with E-state index in [1.54, 1.807) is 7.11 Å². The summed E-state index contributed by atoms with van der Waals surface area (Å²) in [4.78, 5) is 16.9. The molecule has 7 nitrogen and oxygen atoms in total. The minimum absolute atomic E-state index is 0.160. The first kappa shape index (κ1) is 19.6. The van der Waals surface area contributed by atoms with Crippen LogP contribution in [-0.4, -0.2) is 41.9 Å². The summed E-state index contributed by atoms with van der Waals surface area (Å²) in [7, 11) is 1.62. The van der Waals surface area contributed by atoms with E-state index in [-0.39, 0.29) is 11.9 Å². The Morgan fingerprint density at radius 3 is 2.52 bits per heavy atom. The molecule has 0 bridgehead atoms. The van der Waals surface area contributed by atoms with Crippen molar-refractivity contribution in [3.63, 3.8) is 0 Å². The molecule has 0 fully saturated rings. The summed E-state index contributed by atoms with van der Waals surface area (Å²) in [6.45, 7) is 2.51. The zero-order valence-corrected chi connectivity index (χ0v) is 17.8. The molecule has 158 valence electrons. The number of fused-ring (bicyclic) bond motifs is 2. The number of hydrogen-bond acceptors (Lipinski definition) is 6. The Morgan fingerprint density at radius 1 is 1.13 bits per heavy atom. The second kappa shape index (κ2) is 7.74. The summed E-state index contributed by atoms with van der Waals surface area (Å²) >= 11 is 6.58. The van der Waals surface area contributed by atoms with Crippen LogP contribution in [0.4, 0.5) is 0 Å².